The van der Waals surface area contributed by atoms with Crippen molar-refractivity contribution < 1.29 is 47.6 Å². The fraction of sp³-hybridized carbons (Fsp3) is 1.00. The summed E-state index contributed by atoms with van der Waals surface area (Å²) in [7, 11) is -4.17. The van der Waals surface area contributed by atoms with Crippen LogP contribution in [0.3, 0.4) is 0 Å². The standard InChI is InChI=1S/C3H9NO4S.Na/c5-2-1-4-3-9(6,7)8;/h4-5H,1-3H2,(H,6,7,8);/q;+1/p-1. The predicted octanol–water partition coefficient (Wildman–Crippen LogP) is -4.92. The molecule has 0 bridgehead atoms. The minimum atomic E-state index is -4.17. The van der Waals surface area contributed by atoms with E-state index in [1.54, 1.807) is 0 Å². The molecule has 0 atom stereocenters. The normalized spacial score (nSPS) is 10.6. The average molecular weight is 177 g/mol. The quantitative estimate of drug-likeness (QED) is 0.255. The van der Waals surface area contributed by atoms with Gasteiger partial charge in [-0.2, -0.15) is 0 Å². The van der Waals surface area contributed by atoms with Gasteiger partial charge < -0.3 is 15.0 Å². The van der Waals surface area contributed by atoms with Gasteiger partial charge in [0.2, 0.25) is 0 Å². The van der Waals surface area contributed by atoms with Crippen LogP contribution in [0.5, 0.6) is 0 Å². The summed E-state index contributed by atoms with van der Waals surface area (Å²) in [6.45, 7) is -0.0447. The van der Waals surface area contributed by atoms with Crippen molar-refractivity contribution >= 4 is 10.1 Å². The van der Waals surface area contributed by atoms with E-state index in [1.165, 1.54) is 0 Å². The van der Waals surface area contributed by atoms with E-state index in [4.69, 9.17) is 5.11 Å². The van der Waals surface area contributed by atoms with Gasteiger partial charge >= 0.3 is 29.6 Å². The van der Waals surface area contributed by atoms with Gasteiger partial charge in [-0.3, -0.25) is 0 Å². The van der Waals surface area contributed by atoms with E-state index < -0.39 is 16.0 Å². The summed E-state index contributed by atoms with van der Waals surface area (Å²) in [6, 6.07) is 0. The molecule has 5 nitrogen and oxygen atoms in total. The van der Waals surface area contributed by atoms with Crippen LogP contribution in [-0.2, 0) is 10.1 Å². The number of hydrogen-bond donors (Lipinski definition) is 2. The zero-order valence-corrected chi connectivity index (χ0v) is 8.52. The van der Waals surface area contributed by atoms with E-state index in [1.807, 2.05) is 0 Å². The van der Waals surface area contributed by atoms with E-state index in [2.05, 4.69) is 5.32 Å². The summed E-state index contributed by atoms with van der Waals surface area (Å²) in [5, 5.41) is 10.3. The molecule has 0 unspecified atom stereocenters. The third-order valence-corrected chi connectivity index (χ3v) is 1.13. The Balaban J connectivity index is 0. The zero-order valence-electron chi connectivity index (χ0n) is 5.70. The van der Waals surface area contributed by atoms with Crippen LogP contribution in [0.2, 0.25) is 0 Å². The van der Waals surface area contributed by atoms with Crippen molar-refractivity contribution in [3.05, 3.63) is 0 Å². The second kappa shape index (κ2) is 6.53. The fourth-order valence-electron chi connectivity index (χ4n) is 0.276. The first kappa shape index (κ1) is 13.4. The molecular weight excluding hydrogens is 169 g/mol. The number of aliphatic hydroxyl groups is 1. The first-order valence-corrected chi connectivity index (χ1v) is 3.89. The third kappa shape index (κ3) is 11.6. The molecule has 0 rings (SSSR count). The maximum Gasteiger partial charge on any atom is 1.00 e. The van der Waals surface area contributed by atoms with E-state index in [0.29, 0.717) is 0 Å². The number of nitrogens with one attached hydrogen (secondary N) is 1. The van der Waals surface area contributed by atoms with Crippen LogP contribution in [0.1, 0.15) is 0 Å². The summed E-state index contributed by atoms with van der Waals surface area (Å²) < 4.78 is 29.4. The van der Waals surface area contributed by atoms with Crippen molar-refractivity contribution in [2.45, 2.75) is 0 Å². The Kier molecular flexibility index (Phi) is 8.77. The zero-order chi connectivity index (χ0) is 7.33. The third-order valence-electron chi connectivity index (χ3n) is 0.567. The van der Waals surface area contributed by atoms with Gasteiger partial charge in [0, 0.05) is 6.54 Å². The van der Waals surface area contributed by atoms with E-state index in [-0.39, 0.29) is 42.7 Å². The van der Waals surface area contributed by atoms with Gasteiger partial charge in [-0.05, 0) is 0 Å². The van der Waals surface area contributed by atoms with Crippen LogP contribution in [-0.4, -0.2) is 37.1 Å². The molecule has 0 saturated heterocycles. The minimum absolute atomic E-state index is 0. The summed E-state index contributed by atoms with van der Waals surface area (Å²) in [5.41, 5.74) is 0. The molecule has 7 heteroatoms. The number of rotatable bonds is 4. The molecule has 0 aliphatic rings. The Morgan fingerprint density at radius 1 is 1.50 bits per heavy atom. The van der Waals surface area contributed by atoms with Gasteiger partial charge in [0.25, 0.3) is 0 Å². The predicted molar refractivity (Wildman–Crippen MR) is 29.7 cm³/mol. The fourth-order valence-corrected chi connectivity index (χ4v) is 0.671. The monoisotopic (exact) mass is 177 g/mol. The Bertz CT molecular complexity index is 156. The molecule has 2 N–H and O–H groups in total. The molecule has 0 spiro atoms. The van der Waals surface area contributed by atoms with Crippen molar-refractivity contribution in [1.82, 2.24) is 5.32 Å². The molecule has 0 aromatic rings. The molecule has 10 heavy (non-hydrogen) atoms. The molecule has 0 heterocycles. The van der Waals surface area contributed by atoms with E-state index in [0.717, 1.165) is 0 Å². The second-order valence-electron chi connectivity index (χ2n) is 1.43. The SMILES string of the molecule is O=S(=O)([O-])CNCCO.[Na+]. The largest absolute Gasteiger partial charge is 1.00 e. The minimum Gasteiger partial charge on any atom is -0.747 e. The molecule has 0 saturated carbocycles. The van der Waals surface area contributed by atoms with E-state index >= 15 is 0 Å². The molecule has 0 aliphatic carbocycles. The Hall–Kier alpha value is 0.830. The smallest absolute Gasteiger partial charge is 0.747 e. The van der Waals surface area contributed by atoms with Crippen LogP contribution in [0.25, 0.3) is 0 Å². The van der Waals surface area contributed by atoms with Crippen LogP contribution in [0, 0.1) is 0 Å². The van der Waals surface area contributed by atoms with Crippen molar-refractivity contribution in [3.63, 3.8) is 0 Å². The topological polar surface area (TPSA) is 89.5 Å². The maximum absolute atomic E-state index is 9.81. The van der Waals surface area contributed by atoms with Gasteiger partial charge in [0.15, 0.2) is 0 Å². The first-order valence-electron chi connectivity index (χ1n) is 2.31. The van der Waals surface area contributed by atoms with Gasteiger partial charge in [-0.1, -0.05) is 0 Å². The van der Waals surface area contributed by atoms with Gasteiger partial charge in [0.1, 0.15) is 10.1 Å². The van der Waals surface area contributed by atoms with Gasteiger partial charge in [0.05, 0.1) is 12.5 Å². The van der Waals surface area contributed by atoms with Crippen LogP contribution in [0.15, 0.2) is 0 Å². The summed E-state index contributed by atoms with van der Waals surface area (Å²) >= 11 is 0. The summed E-state index contributed by atoms with van der Waals surface area (Å²) in [5.74, 6) is -0.618. The van der Waals surface area contributed by atoms with Gasteiger partial charge in [-0.15, -0.1) is 0 Å². The molecule has 0 amide bonds. The number of aliphatic hydroxyl groups excluding tert-OH is 1. The van der Waals surface area contributed by atoms with Crippen LogP contribution < -0.4 is 34.9 Å². The molecule has 0 fully saturated rings. The van der Waals surface area contributed by atoms with E-state index in [9.17, 15) is 13.0 Å². The summed E-state index contributed by atoms with van der Waals surface area (Å²) in [4.78, 5) is 0. The second-order valence-corrected chi connectivity index (χ2v) is 2.83. The van der Waals surface area contributed by atoms with Crippen molar-refractivity contribution in [1.29, 1.82) is 0 Å². The molecule has 56 valence electrons. The first-order chi connectivity index (χ1) is 4.06. The molecule has 0 aromatic carbocycles. The van der Waals surface area contributed by atoms with Crippen LogP contribution >= 0.6 is 0 Å². The molecule has 0 radical (unpaired) electrons. The average Bonchev–Trinajstić information content (AvgIpc) is 1.63. The van der Waals surface area contributed by atoms with Gasteiger partial charge in [-0.25, -0.2) is 8.42 Å². The maximum atomic E-state index is 9.81. The molecular formula is C3H8NNaO4S. The van der Waals surface area contributed by atoms with Crippen molar-refractivity contribution in [2.75, 3.05) is 19.0 Å². The van der Waals surface area contributed by atoms with Crippen LogP contribution in [0.4, 0.5) is 0 Å². The number of hydrogen-bond acceptors (Lipinski definition) is 5. The van der Waals surface area contributed by atoms with Crippen molar-refractivity contribution in [2.24, 2.45) is 0 Å². The van der Waals surface area contributed by atoms with Crippen molar-refractivity contribution in [3.8, 4) is 0 Å². The molecule has 0 aliphatic heterocycles. The Morgan fingerprint density at radius 3 is 2.30 bits per heavy atom. The summed E-state index contributed by atoms with van der Waals surface area (Å²) in [6.07, 6.45) is 0. The Labute approximate surface area is 81.9 Å². The molecule has 0 aromatic heterocycles. The Morgan fingerprint density at radius 2 is 2.00 bits per heavy atom.